The van der Waals surface area contributed by atoms with Crippen molar-refractivity contribution in [1.82, 2.24) is 9.97 Å². The fourth-order valence-electron chi connectivity index (χ4n) is 1.64. The van der Waals surface area contributed by atoms with Crippen molar-refractivity contribution in [2.24, 2.45) is 0 Å². The quantitative estimate of drug-likeness (QED) is 0.802. The van der Waals surface area contributed by atoms with Crippen molar-refractivity contribution in [2.75, 3.05) is 29.2 Å². The molecule has 1 aromatic heterocycles. The number of rotatable bonds is 2. The van der Waals surface area contributed by atoms with Crippen LogP contribution >= 0.6 is 23.4 Å². The maximum Gasteiger partial charge on any atom is 0.224 e. The number of nitrogen functional groups attached to an aromatic ring is 1. The first-order valence-electron chi connectivity index (χ1n) is 4.77. The monoisotopic (exact) mass is 244 g/mol. The van der Waals surface area contributed by atoms with Gasteiger partial charge in [0.15, 0.2) is 5.82 Å². The van der Waals surface area contributed by atoms with Gasteiger partial charge < -0.3 is 10.6 Å². The highest BCUT2D eigenvalue weighted by Crippen LogP contribution is 2.28. The van der Waals surface area contributed by atoms with Gasteiger partial charge in [-0.25, -0.2) is 4.98 Å². The van der Waals surface area contributed by atoms with E-state index in [9.17, 15) is 0 Å². The molecule has 4 nitrogen and oxygen atoms in total. The first kappa shape index (κ1) is 10.8. The minimum Gasteiger partial charge on any atom is -0.394 e. The summed E-state index contributed by atoms with van der Waals surface area (Å²) in [6.45, 7) is 0. The predicted octanol–water partition coefficient (Wildman–Crippen LogP) is 1.65. The van der Waals surface area contributed by atoms with Crippen LogP contribution in [0.3, 0.4) is 0 Å². The van der Waals surface area contributed by atoms with E-state index in [2.05, 4.69) is 14.9 Å². The Morgan fingerprint density at radius 1 is 1.67 bits per heavy atom. The molecule has 15 heavy (non-hydrogen) atoms. The molecule has 1 aromatic rings. The zero-order valence-corrected chi connectivity index (χ0v) is 10.1. The lowest BCUT2D eigenvalue weighted by atomic mass is 10.2. The molecule has 1 aliphatic rings. The Kier molecular flexibility index (Phi) is 3.21. The standard InChI is InChI=1S/C9H13ClN4S/c1-14(6-2-3-15-5-6)8-7(11)4-12-9(10)13-8/h4,6H,2-3,5,11H2,1H3. The van der Waals surface area contributed by atoms with Crippen molar-refractivity contribution in [1.29, 1.82) is 0 Å². The van der Waals surface area contributed by atoms with Crippen molar-refractivity contribution in [3.63, 3.8) is 0 Å². The summed E-state index contributed by atoms with van der Waals surface area (Å²) in [6.07, 6.45) is 2.73. The summed E-state index contributed by atoms with van der Waals surface area (Å²) in [5, 5.41) is 0.247. The molecule has 1 atom stereocenters. The Bertz CT molecular complexity index is 354. The smallest absolute Gasteiger partial charge is 0.224 e. The summed E-state index contributed by atoms with van der Waals surface area (Å²) < 4.78 is 0. The van der Waals surface area contributed by atoms with Gasteiger partial charge >= 0.3 is 0 Å². The molecule has 0 saturated carbocycles. The highest BCUT2D eigenvalue weighted by molar-refractivity contribution is 7.99. The first-order chi connectivity index (χ1) is 7.18. The molecule has 1 fully saturated rings. The number of hydrogen-bond acceptors (Lipinski definition) is 5. The van der Waals surface area contributed by atoms with E-state index >= 15 is 0 Å². The van der Waals surface area contributed by atoms with Crippen molar-refractivity contribution >= 4 is 34.9 Å². The Morgan fingerprint density at radius 3 is 3.13 bits per heavy atom. The summed E-state index contributed by atoms with van der Waals surface area (Å²) in [6, 6.07) is 0.503. The molecular formula is C9H13ClN4S. The summed E-state index contributed by atoms with van der Waals surface area (Å²) in [4.78, 5) is 10.1. The molecule has 2 N–H and O–H groups in total. The molecule has 0 spiro atoms. The van der Waals surface area contributed by atoms with Crippen LogP contribution < -0.4 is 10.6 Å². The summed E-state index contributed by atoms with van der Waals surface area (Å²) >= 11 is 7.71. The van der Waals surface area contributed by atoms with E-state index in [0.717, 1.165) is 11.6 Å². The minimum absolute atomic E-state index is 0.247. The van der Waals surface area contributed by atoms with Gasteiger partial charge in [0, 0.05) is 18.8 Å². The molecule has 0 amide bonds. The zero-order valence-electron chi connectivity index (χ0n) is 8.48. The van der Waals surface area contributed by atoms with Crippen LogP contribution in [0.2, 0.25) is 5.28 Å². The van der Waals surface area contributed by atoms with Crippen LogP contribution in [-0.4, -0.2) is 34.6 Å². The molecular weight excluding hydrogens is 232 g/mol. The van der Waals surface area contributed by atoms with Crippen molar-refractivity contribution in [2.45, 2.75) is 12.5 Å². The van der Waals surface area contributed by atoms with E-state index in [4.69, 9.17) is 17.3 Å². The summed E-state index contributed by atoms with van der Waals surface area (Å²) in [5.41, 5.74) is 6.41. The second-order valence-corrected chi connectivity index (χ2v) is 5.03. The molecule has 1 aliphatic heterocycles. The average Bonchev–Trinajstić information content (AvgIpc) is 2.74. The van der Waals surface area contributed by atoms with Crippen LogP contribution in [0.25, 0.3) is 0 Å². The van der Waals surface area contributed by atoms with Crippen molar-refractivity contribution in [3.8, 4) is 0 Å². The number of hydrogen-bond donors (Lipinski definition) is 1. The van der Waals surface area contributed by atoms with Crippen LogP contribution in [0.15, 0.2) is 6.20 Å². The van der Waals surface area contributed by atoms with E-state index in [0.29, 0.717) is 11.7 Å². The van der Waals surface area contributed by atoms with Crippen LogP contribution in [0.4, 0.5) is 11.5 Å². The zero-order chi connectivity index (χ0) is 10.8. The van der Waals surface area contributed by atoms with Gasteiger partial charge in [0.2, 0.25) is 5.28 Å². The number of nitrogens with two attached hydrogens (primary N) is 1. The molecule has 0 aliphatic carbocycles. The normalized spacial score (nSPS) is 20.5. The Morgan fingerprint density at radius 2 is 2.47 bits per heavy atom. The fourth-order valence-corrected chi connectivity index (χ4v) is 3.04. The number of nitrogens with zero attached hydrogens (tertiary/aromatic N) is 3. The predicted molar refractivity (Wildman–Crippen MR) is 65.6 cm³/mol. The SMILES string of the molecule is CN(c1nc(Cl)ncc1N)C1CCSC1. The van der Waals surface area contributed by atoms with E-state index in [-0.39, 0.29) is 5.28 Å². The van der Waals surface area contributed by atoms with Gasteiger partial charge in [-0.1, -0.05) is 0 Å². The van der Waals surface area contributed by atoms with Gasteiger partial charge in [-0.15, -0.1) is 0 Å². The molecule has 1 unspecified atom stereocenters. The summed E-state index contributed by atoms with van der Waals surface area (Å²) in [5.74, 6) is 3.06. The molecule has 1 saturated heterocycles. The Labute approximate surface area is 98.2 Å². The molecule has 0 radical (unpaired) electrons. The van der Waals surface area contributed by atoms with Crippen LogP contribution in [0.1, 0.15) is 6.42 Å². The average molecular weight is 245 g/mol. The number of halogens is 1. The maximum absolute atomic E-state index is 5.83. The molecule has 0 aromatic carbocycles. The van der Waals surface area contributed by atoms with E-state index in [1.54, 1.807) is 6.20 Å². The highest BCUT2D eigenvalue weighted by atomic mass is 35.5. The number of anilines is 2. The second-order valence-electron chi connectivity index (χ2n) is 3.55. The van der Waals surface area contributed by atoms with Gasteiger partial charge in [-0.2, -0.15) is 16.7 Å². The van der Waals surface area contributed by atoms with Gasteiger partial charge in [0.05, 0.1) is 11.9 Å². The van der Waals surface area contributed by atoms with Crippen LogP contribution in [-0.2, 0) is 0 Å². The first-order valence-corrected chi connectivity index (χ1v) is 6.30. The van der Waals surface area contributed by atoms with Crippen LogP contribution in [0.5, 0.6) is 0 Å². The van der Waals surface area contributed by atoms with E-state index in [1.165, 1.54) is 12.2 Å². The molecule has 82 valence electrons. The minimum atomic E-state index is 0.247. The van der Waals surface area contributed by atoms with E-state index in [1.807, 2.05) is 18.8 Å². The Hall–Kier alpha value is -0.680. The second kappa shape index (κ2) is 4.45. The topological polar surface area (TPSA) is 55.0 Å². The number of thioether (sulfide) groups is 1. The van der Waals surface area contributed by atoms with E-state index < -0.39 is 0 Å². The van der Waals surface area contributed by atoms with Crippen molar-refractivity contribution in [3.05, 3.63) is 11.5 Å². The fraction of sp³-hybridized carbons (Fsp3) is 0.556. The third kappa shape index (κ3) is 2.29. The van der Waals surface area contributed by atoms with Gasteiger partial charge in [-0.3, -0.25) is 0 Å². The molecule has 6 heteroatoms. The summed E-state index contributed by atoms with van der Waals surface area (Å²) in [7, 11) is 2.01. The highest BCUT2D eigenvalue weighted by Gasteiger charge is 2.22. The third-order valence-electron chi connectivity index (χ3n) is 2.55. The van der Waals surface area contributed by atoms with Gasteiger partial charge in [0.25, 0.3) is 0 Å². The maximum atomic E-state index is 5.83. The lowest BCUT2D eigenvalue weighted by Gasteiger charge is -2.25. The third-order valence-corrected chi connectivity index (χ3v) is 3.88. The molecule has 0 bridgehead atoms. The lowest BCUT2D eigenvalue weighted by molar-refractivity contribution is 0.691. The molecule has 2 rings (SSSR count). The largest absolute Gasteiger partial charge is 0.394 e. The number of aromatic nitrogens is 2. The Balaban J connectivity index is 2.23. The lowest BCUT2D eigenvalue weighted by Crippen LogP contribution is -2.32. The van der Waals surface area contributed by atoms with Gasteiger partial charge in [0.1, 0.15) is 0 Å². The molecule has 2 heterocycles. The van der Waals surface area contributed by atoms with Crippen molar-refractivity contribution < 1.29 is 0 Å². The van der Waals surface area contributed by atoms with Crippen LogP contribution in [0, 0.1) is 0 Å². The van der Waals surface area contributed by atoms with Gasteiger partial charge in [-0.05, 0) is 23.8 Å².